The maximum Gasteiger partial charge on any atom is 0.147 e. The number of hydrogen-bond acceptors (Lipinski definition) is 3. The predicted octanol–water partition coefficient (Wildman–Crippen LogP) is 2.47. The summed E-state index contributed by atoms with van der Waals surface area (Å²) in [6, 6.07) is 8.37. The molecule has 1 aliphatic rings. The van der Waals surface area contributed by atoms with Gasteiger partial charge >= 0.3 is 0 Å². The second-order valence-corrected chi connectivity index (χ2v) is 8.70. The Morgan fingerprint density at radius 1 is 1.32 bits per heavy atom. The standard InChI is InChI=1S/C17H24N2O2S/c1-22(20,21)13-14-5-4-9-19(12-14)10-8-15-11-18-17-7-3-2-6-16(15)17/h2-3,6-7,11,14,18H,4-5,8-10,12-13H2,1H3. The topological polar surface area (TPSA) is 53.2 Å². The Balaban J connectivity index is 1.59. The van der Waals surface area contributed by atoms with Gasteiger partial charge in [0.1, 0.15) is 9.84 Å². The zero-order valence-electron chi connectivity index (χ0n) is 13.1. The first-order valence-corrected chi connectivity index (χ1v) is 10.0. The molecule has 0 radical (unpaired) electrons. The van der Waals surface area contributed by atoms with Gasteiger partial charge in [-0.1, -0.05) is 18.2 Å². The number of nitrogens with zero attached hydrogens (tertiary/aromatic N) is 1. The van der Waals surface area contributed by atoms with Gasteiger partial charge in [0.2, 0.25) is 0 Å². The van der Waals surface area contributed by atoms with Crippen molar-refractivity contribution in [1.82, 2.24) is 9.88 Å². The molecular weight excluding hydrogens is 296 g/mol. The lowest BCUT2D eigenvalue weighted by molar-refractivity contribution is 0.187. The fourth-order valence-corrected chi connectivity index (χ4v) is 4.66. The SMILES string of the molecule is CS(=O)(=O)CC1CCCN(CCc2c[nH]c3ccccc23)C1. The van der Waals surface area contributed by atoms with E-state index in [-0.39, 0.29) is 0 Å². The Labute approximate surface area is 132 Å². The molecule has 1 saturated heterocycles. The highest BCUT2D eigenvalue weighted by Gasteiger charge is 2.23. The van der Waals surface area contributed by atoms with Crippen LogP contribution in [-0.4, -0.2) is 49.9 Å². The number of nitrogens with one attached hydrogen (secondary N) is 1. The Kier molecular flexibility index (Phi) is 4.54. The van der Waals surface area contributed by atoms with E-state index in [0.717, 1.165) is 38.9 Å². The largest absolute Gasteiger partial charge is 0.361 e. The minimum Gasteiger partial charge on any atom is -0.361 e. The van der Waals surface area contributed by atoms with E-state index in [2.05, 4.69) is 34.3 Å². The Hall–Kier alpha value is -1.33. The van der Waals surface area contributed by atoms with Gasteiger partial charge < -0.3 is 9.88 Å². The van der Waals surface area contributed by atoms with Crippen molar-refractivity contribution in [2.45, 2.75) is 19.3 Å². The van der Waals surface area contributed by atoms with E-state index in [0.29, 0.717) is 11.7 Å². The van der Waals surface area contributed by atoms with E-state index in [9.17, 15) is 8.42 Å². The number of benzene rings is 1. The van der Waals surface area contributed by atoms with E-state index >= 15 is 0 Å². The molecule has 22 heavy (non-hydrogen) atoms. The van der Waals surface area contributed by atoms with Crippen LogP contribution in [0.3, 0.4) is 0 Å². The van der Waals surface area contributed by atoms with Crippen LogP contribution in [-0.2, 0) is 16.3 Å². The van der Waals surface area contributed by atoms with Gasteiger partial charge in [0.15, 0.2) is 0 Å². The molecule has 1 fully saturated rings. The van der Waals surface area contributed by atoms with Gasteiger partial charge in [-0.15, -0.1) is 0 Å². The van der Waals surface area contributed by atoms with Gasteiger partial charge in [-0.2, -0.15) is 0 Å². The second kappa shape index (κ2) is 6.42. The number of hydrogen-bond donors (Lipinski definition) is 1. The molecule has 5 heteroatoms. The molecule has 4 nitrogen and oxygen atoms in total. The van der Waals surface area contributed by atoms with Crippen LogP contribution in [0.4, 0.5) is 0 Å². The highest BCUT2D eigenvalue weighted by Crippen LogP contribution is 2.21. The summed E-state index contributed by atoms with van der Waals surface area (Å²) in [7, 11) is -2.87. The molecule has 1 atom stereocenters. The Morgan fingerprint density at radius 3 is 2.95 bits per heavy atom. The Bertz CT molecular complexity index is 736. The summed E-state index contributed by atoms with van der Waals surface area (Å²) >= 11 is 0. The number of para-hydroxylation sites is 1. The van der Waals surface area contributed by atoms with Crippen molar-refractivity contribution in [1.29, 1.82) is 0 Å². The average Bonchev–Trinajstić information content (AvgIpc) is 2.87. The first-order valence-electron chi connectivity index (χ1n) is 7.96. The van der Waals surface area contributed by atoms with E-state index in [1.54, 1.807) is 0 Å². The summed E-state index contributed by atoms with van der Waals surface area (Å²) in [6.07, 6.45) is 6.60. The van der Waals surface area contributed by atoms with Crippen LogP contribution in [0, 0.1) is 5.92 Å². The van der Waals surface area contributed by atoms with Crippen LogP contribution in [0.2, 0.25) is 0 Å². The molecule has 1 N–H and O–H groups in total. The molecule has 0 aliphatic carbocycles. The molecule has 0 saturated carbocycles. The number of fused-ring (bicyclic) bond motifs is 1. The minimum atomic E-state index is -2.87. The monoisotopic (exact) mass is 320 g/mol. The molecule has 0 spiro atoms. The van der Waals surface area contributed by atoms with Crippen LogP contribution in [0.5, 0.6) is 0 Å². The van der Waals surface area contributed by atoms with E-state index in [1.165, 1.54) is 22.7 Å². The van der Waals surface area contributed by atoms with Crippen LogP contribution in [0.25, 0.3) is 10.9 Å². The number of likely N-dealkylation sites (tertiary alicyclic amines) is 1. The third kappa shape index (κ3) is 3.90. The summed E-state index contributed by atoms with van der Waals surface area (Å²) in [5.74, 6) is 0.628. The summed E-state index contributed by atoms with van der Waals surface area (Å²) in [4.78, 5) is 5.74. The van der Waals surface area contributed by atoms with E-state index in [4.69, 9.17) is 0 Å². The van der Waals surface area contributed by atoms with Crippen LogP contribution < -0.4 is 0 Å². The van der Waals surface area contributed by atoms with E-state index in [1.807, 2.05) is 6.07 Å². The van der Waals surface area contributed by atoms with Crippen LogP contribution >= 0.6 is 0 Å². The number of piperidine rings is 1. The molecule has 0 amide bonds. The molecule has 1 aromatic heterocycles. The number of aromatic amines is 1. The normalized spacial score (nSPS) is 20.5. The van der Waals surface area contributed by atoms with Crippen molar-refractivity contribution in [3.8, 4) is 0 Å². The van der Waals surface area contributed by atoms with E-state index < -0.39 is 9.84 Å². The van der Waals surface area contributed by atoms with Gasteiger partial charge in [-0.25, -0.2) is 8.42 Å². The van der Waals surface area contributed by atoms with Crippen molar-refractivity contribution >= 4 is 20.7 Å². The highest BCUT2D eigenvalue weighted by molar-refractivity contribution is 7.90. The molecule has 1 aliphatic heterocycles. The molecule has 3 rings (SSSR count). The number of sulfone groups is 1. The predicted molar refractivity (Wildman–Crippen MR) is 90.9 cm³/mol. The lowest BCUT2D eigenvalue weighted by Gasteiger charge is -2.32. The number of rotatable bonds is 5. The van der Waals surface area contributed by atoms with Gasteiger partial charge in [0.05, 0.1) is 5.75 Å². The minimum absolute atomic E-state index is 0.298. The Morgan fingerprint density at radius 2 is 2.14 bits per heavy atom. The lowest BCUT2D eigenvalue weighted by atomic mass is 9.99. The average molecular weight is 320 g/mol. The molecule has 1 unspecified atom stereocenters. The summed E-state index contributed by atoms with van der Waals surface area (Å²) in [5, 5.41) is 1.30. The molecule has 1 aromatic carbocycles. The molecule has 0 bridgehead atoms. The second-order valence-electron chi connectivity index (χ2n) is 6.51. The van der Waals surface area contributed by atoms with Crippen LogP contribution in [0.15, 0.2) is 30.5 Å². The molecule has 120 valence electrons. The maximum absolute atomic E-state index is 11.5. The van der Waals surface area contributed by atoms with Crippen molar-refractivity contribution < 1.29 is 8.42 Å². The zero-order valence-corrected chi connectivity index (χ0v) is 13.9. The lowest BCUT2D eigenvalue weighted by Crippen LogP contribution is -2.39. The highest BCUT2D eigenvalue weighted by atomic mass is 32.2. The van der Waals surface area contributed by atoms with Crippen LogP contribution in [0.1, 0.15) is 18.4 Å². The van der Waals surface area contributed by atoms with Gasteiger partial charge in [-0.05, 0) is 43.4 Å². The fourth-order valence-electron chi connectivity index (χ4n) is 3.54. The first kappa shape index (κ1) is 15.6. The van der Waals surface area contributed by atoms with Gasteiger partial charge in [0.25, 0.3) is 0 Å². The summed E-state index contributed by atoms with van der Waals surface area (Å²) in [5.41, 5.74) is 2.53. The first-order chi connectivity index (χ1) is 10.5. The maximum atomic E-state index is 11.5. The molecular formula is C17H24N2O2S. The van der Waals surface area contributed by atoms with Gasteiger partial charge in [0, 0.05) is 36.4 Å². The summed E-state index contributed by atoms with van der Waals surface area (Å²) in [6.45, 7) is 3.00. The summed E-state index contributed by atoms with van der Waals surface area (Å²) < 4.78 is 22.9. The third-order valence-corrected chi connectivity index (χ3v) is 5.59. The number of aromatic nitrogens is 1. The molecule has 2 aromatic rings. The van der Waals surface area contributed by atoms with Crippen molar-refractivity contribution in [2.75, 3.05) is 31.6 Å². The molecule has 2 heterocycles. The van der Waals surface area contributed by atoms with Crippen molar-refractivity contribution in [3.63, 3.8) is 0 Å². The zero-order chi connectivity index (χ0) is 15.6. The van der Waals surface area contributed by atoms with Gasteiger partial charge in [-0.3, -0.25) is 0 Å². The smallest absolute Gasteiger partial charge is 0.147 e. The van der Waals surface area contributed by atoms with Crippen molar-refractivity contribution in [2.24, 2.45) is 5.92 Å². The quantitative estimate of drug-likeness (QED) is 0.921. The third-order valence-electron chi connectivity index (χ3n) is 4.51. The number of H-pyrrole nitrogens is 1. The van der Waals surface area contributed by atoms with Crippen molar-refractivity contribution in [3.05, 3.63) is 36.0 Å². The fraction of sp³-hybridized carbons (Fsp3) is 0.529.